The average Bonchev–Trinajstić information content (AvgIpc) is 2.63. The summed E-state index contributed by atoms with van der Waals surface area (Å²) in [4.78, 5) is 11.3. The average molecular weight is 176 g/mol. The highest BCUT2D eigenvalue weighted by atomic mass is 14.9. The van der Waals surface area contributed by atoms with E-state index in [1.54, 1.807) is 6.33 Å². The standard InChI is InChI=1S/C9H12N4/c1-6(3-10)7-2-8-9(11-4-7)13-5-12-8/h2,4-6H,3,10H2,1H3,(H,11,12,13). The molecular formula is C9H12N4. The topological polar surface area (TPSA) is 67.6 Å². The van der Waals surface area contributed by atoms with Crippen LogP contribution in [-0.2, 0) is 0 Å². The van der Waals surface area contributed by atoms with Crippen LogP contribution in [0.25, 0.3) is 11.2 Å². The number of nitrogens with two attached hydrogens (primary N) is 1. The van der Waals surface area contributed by atoms with Crippen molar-refractivity contribution in [2.45, 2.75) is 12.8 Å². The van der Waals surface area contributed by atoms with Crippen LogP contribution in [0.1, 0.15) is 18.4 Å². The monoisotopic (exact) mass is 176 g/mol. The zero-order chi connectivity index (χ0) is 9.26. The van der Waals surface area contributed by atoms with Gasteiger partial charge < -0.3 is 10.7 Å². The number of aromatic nitrogens is 3. The van der Waals surface area contributed by atoms with Gasteiger partial charge in [-0.3, -0.25) is 0 Å². The van der Waals surface area contributed by atoms with Crippen LogP contribution in [0.15, 0.2) is 18.6 Å². The minimum absolute atomic E-state index is 0.347. The summed E-state index contributed by atoms with van der Waals surface area (Å²) in [5, 5.41) is 0. The SMILES string of the molecule is CC(CN)c1cnc2nc[nH]c2c1. The van der Waals surface area contributed by atoms with Crippen LogP contribution in [0.3, 0.4) is 0 Å². The van der Waals surface area contributed by atoms with Crippen LogP contribution < -0.4 is 5.73 Å². The van der Waals surface area contributed by atoms with Gasteiger partial charge in [0, 0.05) is 6.20 Å². The van der Waals surface area contributed by atoms with Crippen LogP contribution in [0.5, 0.6) is 0 Å². The van der Waals surface area contributed by atoms with E-state index in [1.807, 2.05) is 12.3 Å². The van der Waals surface area contributed by atoms with Gasteiger partial charge in [0.2, 0.25) is 0 Å². The summed E-state index contributed by atoms with van der Waals surface area (Å²) in [6, 6.07) is 2.05. The molecule has 0 radical (unpaired) electrons. The molecule has 0 aliphatic rings. The number of nitrogens with one attached hydrogen (secondary N) is 1. The second kappa shape index (κ2) is 3.14. The van der Waals surface area contributed by atoms with Crippen molar-refractivity contribution in [3.8, 4) is 0 Å². The number of aromatic amines is 1. The number of hydrogen-bond acceptors (Lipinski definition) is 3. The molecule has 0 saturated heterocycles. The van der Waals surface area contributed by atoms with Crippen LogP contribution >= 0.6 is 0 Å². The van der Waals surface area contributed by atoms with Gasteiger partial charge in [-0.2, -0.15) is 0 Å². The molecule has 1 atom stereocenters. The number of nitrogens with zero attached hydrogens (tertiary/aromatic N) is 2. The molecule has 0 aliphatic heterocycles. The molecule has 4 nitrogen and oxygen atoms in total. The molecule has 0 amide bonds. The number of pyridine rings is 1. The first-order chi connectivity index (χ1) is 6.31. The van der Waals surface area contributed by atoms with Gasteiger partial charge in [0.15, 0.2) is 5.65 Å². The summed E-state index contributed by atoms with van der Waals surface area (Å²) < 4.78 is 0. The van der Waals surface area contributed by atoms with E-state index >= 15 is 0 Å². The number of H-pyrrole nitrogens is 1. The predicted octanol–water partition coefficient (Wildman–Crippen LogP) is 1.02. The van der Waals surface area contributed by atoms with Crippen molar-refractivity contribution in [2.24, 2.45) is 5.73 Å². The van der Waals surface area contributed by atoms with Crippen molar-refractivity contribution < 1.29 is 0 Å². The highest BCUT2D eigenvalue weighted by molar-refractivity contribution is 5.70. The maximum Gasteiger partial charge on any atom is 0.177 e. The van der Waals surface area contributed by atoms with Gasteiger partial charge in [0.05, 0.1) is 11.8 Å². The van der Waals surface area contributed by atoms with Crippen molar-refractivity contribution in [1.29, 1.82) is 0 Å². The summed E-state index contributed by atoms with van der Waals surface area (Å²) >= 11 is 0. The summed E-state index contributed by atoms with van der Waals surface area (Å²) in [6.45, 7) is 2.72. The smallest absolute Gasteiger partial charge is 0.177 e. The van der Waals surface area contributed by atoms with Crippen molar-refractivity contribution in [2.75, 3.05) is 6.54 Å². The molecule has 0 spiro atoms. The van der Waals surface area contributed by atoms with Crippen molar-refractivity contribution in [3.05, 3.63) is 24.2 Å². The lowest BCUT2D eigenvalue weighted by atomic mass is 10.0. The van der Waals surface area contributed by atoms with E-state index in [4.69, 9.17) is 5.73 Å². The lowest BCUT2D eigenvalue weighted by molar-refractivity contribution is 0.771. The molecule has 0 saturated carbocycles. The third-order valence-corrected chi connectivity index (χ3v) is 2.22. The predicted molar refractivity (Wildman–Crippen MR) is 51.4 cm³/mol. The summed E-state index contributed by atoms with van der Waals surface area (Å²) in [5.74, 6) is 0.347. The van der Waals surface area contributed by atoms with Crippen LogP contribution in [0.4, 0.5) is 0 Å². The number of fused-ring (bicyclic) bond motifs is 1. The molecule has 2 rings (SSSR count). The molecule has 3 N–H and O–H groups in total. The first-order valence-electron chi connectivity index (χ1n) is 4.30. The molecule has 0 fully saturated rings. The van der Waals surface area contributed by atoms with Gasteiger partial charge in [0.1, 0.15) is 0 Å². The highest BCUT2D eigenvalue weighted by Gasteiger charge is 2.05. The van der Waals surface area contributed by atoms with Gasteiger partial charge in [-0.05, 0) is 24.1 Å². The minimum Gasteiger partial charge on any atom is -0.343 e. The fraction of sp³-hybridized carbons (Fsp3) is 0.333. The second-order valence-electron chi connectivity index (χ2n) is 3.18. The Hall–Kier alpha value is -1.42. The Morgan fingerprint density at radius 3 is 3.15 bits per heavy atom. The Labute approximate surface area is 76.2 Å². The van der Waals surface area contributed by atoms with Crippen LogP contribution in [0, 0.1) is 0 Å². The quantitative estimate of drug-likeness (QED) is 0.717. The Morgan fingerprint density at radius 1 is 1.54 bits per heavy atom. The summed E-state index contributed by atoms with van der Waals surface area (Å²) in [7, 11) is 0. The van der Waals surface area contributed by atoms with Gasteiger partial charge in [0.25, 0.3) is 0 Å². The molecule has 0 aromatic carbocycles. The van der Waals surface area contributed by atoms with E-state index in [9.17, 15) is 0 Å². The summed E-state index contributed by atoms with van der Waals surface area (Å²) in [6.07, 6.45) is 3.48. The maximum atomic E-state index is 5.57. The maximum absolute atomic E-state index is 5.57. The first kappa shape index (κ1) is 8.19. The molecule has 2 aromatic heterocycles. The molecule has 4 heteroatoms. The van der Waals surface area contributed by atoms with Crippen LogP contribution in [0.2, 0.25) is 0 Å². The first-order valence-corrected chi connectivity index (χ1v) is 4.30. The second-order valence-corrected chi connectivity index (χ2v) is 3.18. The third-order valence-electron chi connectivity index (χ3n) is 2.22. The van der Waals surface area contributed by atoms with Gasteiger partial charge in [-0.25, -0.2) is 9.97 Å². The normalized spacial score (nSPS) is 13.4. The number of rotatable bonds is 2. The Balaban J connectivity index is 2.48. The van der Waals surface area contributed by atoms with Crippen LogP contribution in [-0.4, -0.2) is 21.5 Å². The fourth-order valence-electron chi connectivity index (χ4n) is 1.25. The van der Waals surface area contributed by atoms with Crippen molar-refractivity contribution in [3.63, 3.8) is 0 Å². The highest BCUT2D eigenvalue weighted by Crippen LogP contribution is 2.16. The molecule has 68 valence electrons. The molecule has 1 unspecified atom stereocenters. The molecular weight excluding hydrogens is 164 g/mol. The van der Waals surface area contributed by atoms with E-state index < -0.39 is 0 Å². The largest absolute Gasteiger partial charge is 0.343 e. The van der Waals surface area contributed by atoms with Gasteiger partial charge in [-0.1, -0.05) is 6.92 Å². The van der Waals surface area contributed by atoms with E-state index in [0.717, 1.165) is 16.7 Å². The van der Waals surface area contributed by atoms with E-state index in [1.165, 1.54) is 0 Å². The molecule has 13 heavy (non-hydrogen) atoms. The van der Waals surface area contributed by atoms with E-state index in [0.29, 0.717) is 12.5 Å². The van der Waals surface area contributed by atoms with Crippen molar-refractivity contribution >= 4 is 11.2 Å². The van der Waals surface area contributed by atoms with Gasteiger partial charge >= 0.3 is 0 Å². The third kappa shape index (κ3) is 1.40. The number of hydrogen-bond donors (Lipinski definition) is 2. The van der Waals surface area contributed by atoms with Crippen molar-refractivity contribution in [1.82, 2.24) is 15.0 Å². The Kier molecular flexibility index (Phi) is 1.98. The lowest BCUT2D eigenvalue weighted by Crippen LogP contribution is -2.08. The zero-order valence-corrected chi connectivity index (χ0v) is 7.49. The minimum atomic E-state index is 0.347. The molecule has 2 heterocycles. The lowest BCUT2D eigenvalue weighted by Gasteiger charge is -2.06. The Bertz CT molecular complexity index is 407. The zero-order valence-electron chi connectivity index (χ0n) is 7.49. The summed E-state index contributed by atoms with van der Waals surface area (Å²) in [5.41, 5.74) is 8.45. The number of imidazole rings is 1. The Morgan fingerprint density at radius 2 is 2.38 bits per heavy atom. The molecule has 0 aliphatic carbocycles. The van der Waals surface area contributed by atoms with E-state index in [2.05, 4.69) is 21.9 Å². The van der Waals surface area contributed by atoms with E-state index in [-0.39, 0.29) is 0 Å². The fourth-order valence-corrected chi connectivity index (χ4v) is 1.25. The molecule has 2 aromatic rings. The molecule has 0 bridgehead atoms. The van der Waals surface area contributed by atoms with Gasteiger partial charge in [-0.15, -0.1) is 0 Å².